The Bertz CT molecular complexity index is 607. The van der Waals surface area contributed by atoms with E-state index in [0.717, 1.165) is 55.6 Å². The zero-order chi connectivity index (χ0) is 17.9. The first kappa shape index (κ1) is 19.2. The molecule has 0 unspecified atom stereocenters. The maximum Gasteiger partial charge on any atom is 0.338 e. The van der Waals surface area contributed by atoms with Gasteiger partial charge in [-0.25, -0.2) is 4.79 Å². The zero-order valence-corrected chi connectivity index (χ0v) is 15.2. The molecule has 134 valence electrons. The molecule has 1 saturated carbocycles. The first-order valence-electron chi connectivity index (χ1n) is 9.57. The second-order valence-corrected chi connectivity index (χ2v) is 6.90. The Kier molecular flexibility index (Phi) is 8.25. The molecule has 0 N–H and O–H groups in total. The summed E-state index contributed by atoms with van der Waals surface area (Å²) in [7, 11) is 0. The van der Waals surface area contributed by atoms with Crippen molar-refractivity contribution < 1.29 is 9.53 Å². The molecule has 3 heteroatoms. The van der Waals surface area contributed by atoms with Crippen LogP contribution in [0.15, 0.2) is 36.4 Å². The fraction of sp³-hybridized carbons (Fsp3) is 0.545. The van der Waals surface area contributed by atoms with E-state index in [1.165, 1.54) is 12.8 Å². The van der Waals surface area contributed by atoms with Crippen LogP contribution in [0.3, 0.4) is 0 Å². The Morgan fingerprint density at radius 1 is 1.28 bits per heavy atom. The Morgan fingerprint density at radius 2 is 2.04 bits per heavy atom. The third-order valence-corrected chi connectivity index (χ3v) is 5.13. The minimum Gasteiger partial charge on any atom is -0.462 e. The van der Waals surface area contributed by atoms with Crippen molar-refractivity contribution >= 4 is 5.97 Å². The van der Waals surface area contributed by atoms with Gasteiger partial charge in [0.25, 0.3) is 0 Å². The number of nitrogens with zero attached hydrogens (tertiary/aromatic N) is 1. The first-order chi connectivity index (χ1) is 12.3. The topological polar surface area (TPSA) is 50.1 Å². The number of carbonyl (C=O) groups excluding carboxylic acids is 1. The van der Waals surface area contributed by atoms with Crippen molar-refractivity contribution in [1.29, 1.82) is 5.26 Å². The van der Waals surface area contributed by atoms with Gasteiger partial charge in [0.2, 0.25) is 0 Å². The van der Waals surface area contributed by atoms with E-state index in [1.54, 1.807) is 6.08 Å². The number of rotatable bonds is 8. The molecule has 0 heterocycles. The van der Waals surface area contributed by atoms with E-state index < -0.39 is 0 Å². The van der Waals surface area contributed by atoms with Crippen molar-refractivity contribution in [1.82, 2.24) is 0 Å². The summed E-state index contributed by atoms with van der Waals surface area (Å²) in [6.45, 7) is 2.60. The molecule has 0 saturated heterocycles. The van der Waals surface area contributed by atoms with Gasteiger partial charge in [-0.3, -0.25) is 0 Å². The summed E-state index contributed by atoms with van der Waals surface area (Å²) in [5.41, 5.74) is 1.91. The maximum absolute atomic E-state index is 12.4. The van der Waals surface area contributed by atoms with Crippen LogP contribution in [0.4, 0.5) is 0 Å². The quantitative estimate of drug-likeness (QED) is 0.343. The third kappa shape index (κ3) is 6.05. The molecule has 0 atom stereocenters. The summed E-state index contributed by atoms with van der Waals surface area (Å²) in [6.07, 6.45) is 12.3. The second-order valence-electron chi connectivity index (χ2n) is 6.90. The van der Waals surface area contributed by atoms with Gasteiger partial charge < -0.3 is 4.74 Å². The van der Waals surface area contributed by atoms with Gasteiger partial charge in [0.1, 0.15) is 0 Å². The highest BCUT2D eigenvalue weighted by molar-refractivity contribution is 5.91. The highest BCUT2D eigenvalue weighted by Gasteiger charge is 2.25. The Balaban J connectivity index is 1.91. The minimum atomic E-state index is -0.173. The lowest BCUT2D eigenvalue weighted by molar-refractivity contribution is 0.0497. The number of ether oxygens (including phenoxy) is 1. The van der Waals surface area contributed by atoms with Crippen LogP contribution in [-0.4, -0.2) is 12.6 Å². The highest BCUT2D eigenvalue weighted by Crippen LogP contribution is 2.38. The fourth-order valence-corrected chi connectivity index (χ4v) is 3.66. The zero-order valence-electron chi connectivity index (χ0n) is 15.2. The molecule has 3 nitrogen and oxygen atoms in total. The van der Waals surface area contributed by atoms with Gasteiger partial charge in [0.15, 0.2) is 0 Å². The van der Waals surface area contributed by atoms with Crippen LogP contribution in [0.2, 0.25) is 0 Å². The summed E-state index contributed by atoms with van der Waals surface area (Å²) in [6, 6.07) is 9.99. The monoisotopic (exact) mass is 339 g/mol. The van der Waals surface area contributed by atoms with E-state index >= 15 is 0 Å². The molecular weight excluding hydrogens is 310 g/mol. The average molecular weight is 339 g/mol. The lowest BCUT2D eigenvalue weighted by Gasteiger charge is -2.29. The maximum atomic E-state index is 12.4. The number of esters is 1. The highest BCUT2D eigenvalue weighted by atomic mass is 16.5. The predicted molar refractivity (Wildman–Crippen MR) is 100 cm³/mol. The molecule has 1 aliphatic rings. The molecule has 1 aromatic carbocycles. The number of benzene rings is 1. The summed E-state index contributed by atoms with van der Waals surface area (Å²) in [5.74, 6) is 1.02. The second kappa shape index (κ2) is 10.7. The van der Waals surface area contributed by atoms with Crippen LogP contribution in [0.5, 0.6) is 0 Å². The van der Waals surface area contributed by atoms with Gasteiger partial charge in [0.05, 0.1) is 18.2 Å². The van der Waals surface area contributed by atoms with E-state index in [1.807, 2.05) is 30.3 Å². The van der Waals surface area contributed by atoms with Crippen LogP contribution in [-0.2, 0) is 4.74 Å². The number of hydrogen-bond donors (Lipinski definition) is 0. The first-order valence-corrected chi connectivity index (χ1v) is 9.57. The predicted octanol–water partition coefficient (Wildman–Crippen LogP) is 5.78. The van der Waals surface area contributed by atoms with Crippen molar-refractivity contribution in [3.63, 3.8) is 0 Å². The molecule has 1 aliphatic carbocycles. The van der Waals surface area contributed by atoms with E-state index in [2.05, 4.69) is 13.0 Å². The fourth-order valence-electron chi connectivity index (χ4n) is 3.66. The number of allylic oxidation sites excluding steroid dienone is 2. The molecular formula is C22H29NO2. The van der Waals surface area contributed by atoms with Crippen LogP contribution in [0.25, 0.3) is 0 Å². The van der Waals surface area contributed by atoms with Crippen molar-refractivity contribution in [2.45, 2.75) is 64.2 Å². The molecule has 2 rings (SSSR count). The van der Waals surface area contributed by atoms with E-state index in [4.69, 9.17) is 10.00 Å². The summed E-state index contributed by atoms with van der Waals surface area (Å²) in [4.78, 5) is 12.4. The van der Waals surface area contributed by atoms with Crippen LogP contribution in [0.1, 0.15) is 80.1 Å². The van der Waals surface area contributed by atoms with Gasteiger partial charge in [-0.05, 0) is 68.4 Å². The third-order valence-electron chi connectivity index (χ3n) is 5.13. The number of nitriles is 1. The summed E-state index contributed by atoms with van der Waals surface area (Å²) in [5, 5.41) is 8.53. The van der Waals surface area contributed by atoms with Gasteiger partial charge in [-0.2, -0.15) is 5.26 Å². The molecule has 0 aliphatic heterocycles. The number of hydrogen-bond acceptors (Lipinski definition) is 3. The largest absolute Gasteiger partial charge is 0.462 e. The summed E-state index contributed by atoms with van der Waals surface area (Å²) >= 11 is 0. The van der Waals surface area contributed by atoms with Gasteiger partial charge in [-0.15, -0.1) is 0 Å². The van der Waals surface area contributed by atoms with Gasteiger partial charge >= 0.3 is 5.97 Å². The van der Waals surface area contributed by atoms with Crippen molar-refractivity contribution in [2.75, 3.05) is 6.61 Å². The van der Waals surface area contributed by atoms with Crippen LogP contribution < -0.4 is 0 Å². The lowest BCUT2D eigenvalue weighted by Crippen LogP contribution is -2.17. The Labute approximate surface area is 151 Å². The summed E-state index contributed by atoms with van der Waals surface area (Å²) < 4.78 is 5.42. The van der Waals surface area contributed by atoms with E-state index in [0.29, 0.717) is 12.5 Å². The van der Waals surface area contributed by atoms with Crippen molar-refractivity contribution in [2.24, 2.45) is 5.92 Å². The van der Waals surface area contributed by atoms with Crippen molar-refractivity contribution in [3.05, 3.63) is 47.5 Å². The van der Waals surface area contributed by atoms with Gasteiger partial charge in [-0.1, -0.05) is 37.6 Å². The average Bonchev–Trinajstić information content (AvgIpc) is 2.66. The van der Waals surface area contributed by atoms with Crippen LogP contribution >= 0.6 is 0 Å². The van der Waals surface area contributed by atoms with Gasteiger partial charge in [0, 0.05) is 6.08 Å². The molecule has 0 spiro atoms. The standard InChI is InChI=1S/C22H29NO2/c1-2-3-17-25-22(24)21-11-7-6-10-20(21)19-14-12-18(13-15-19)9-5-4-8-16-23/h4,6-8,10-11,18-19H,2-3,5,9,12-15,17H2,1H3/b8-4+. The normalized spacial score (nSPS) is 20.3. The van der Waals surface area contributed by atoms with Crippen LogP contribution in [0, 0.1) is 17.2 Å². The smallest absolute Gasteiger partial charge is 0.338 e. The minimum absolute atomic E-state index is 0.173. The SMILES string of the molecule is CCCCOC(=O)c1ccccc1C1CCC(CC/C=C/C#N)CC1. The molecule has 1 aromatic rings. The van der Waals surface area contributed by atoms with E-state index in [-0.39, 0.29) is 5.97 Å². The van der Waals surface area contributed by atoms with Crippen molar-refractivity contribution in [3.8, 4) is 6.07 Å². The molecule has 25 heavy (non-hydrogen) atoms. The molecule has 0 amide bonds. The number of carbonyl (C=O) groups is 1. The molecule has 0 radical (unpaired) electrons. The number of unbranched alkanes of at least 4 members (excludes halogenated alkanes) is 1. The molecule has 0 bridgehead atoms. The van der Waals surface area contributed by atoms with E-state index in [9.17, 15) is 4.79 Å². The Morgan fingerprint density at radius 3 is 2.76 bits per heavy atom. The molecule has 1 fully saturated rings. The molecule has 0 aromatic heterocycles. The Hall–Kier alpha value is -2.08. The lowest BCUT2D eigenvalue weighted by atomic mass is 9.76.